The van der Waals surface area contributed by atoms with E-state index in [1.165, 1.54) is 58.7 Å². The van der Waals surface area contributed by atoms with Gasteiger partial charge in [-0.15, -0.1) is 0 Å². The number of carbonyl (C=O) groups excluding carboxylic acids is 1. The van der Waals surface area contributed by atoms with Gasteiger partial charge in [-0.3, -0.25) is 9.52 Å². The van der Waals surface area contributed by atoms with Crippen LogP contribution in [0.3, 0.4) is 0 Å². The summed E-state index contributed by atoms with van der Waals surface area (Å²) in [4.78, 5) is 16.0. The molecule has 4 atom stereocenters. The Balaban J connectivity index is 1.67. The summed E-state index contributed by atoms with van der Waals surface area (Å²) in [7, 11) is -6.33. The molecule has 0 unspecified atom stereocenters. The number of sulfonamides is 2. The van der Waals surface area contributed by atoms with Crippen molar-refractivity contribution in [3.8, 4) is 5.75 Å². The smallest absolute Gasteiger partial charge is 0.261 e. The van der Waals surface area contributed by atoms with Crippen molar-refractivity contribution < 1.29 is 36.2 Å². The molecule has 0 radical (unpaired) electrons. The van der Waals surface area contributed by atoms with Crippen LogP contribution in [0.25, 0.3) is 0 Å². The Bertz CT molecular complexity index is 1740. The van der Waals surface area contributed by atoms with Gasteiger partial charge in [-0.2, -0.15) is 4.31 Å². The molecule has 4 rings (SSSR count). The fraction of sp³-hybridized carbons (Fsp3) is 0.441. The average Bonchev–Trinajstić information content (AvgIpc) is 3.06. The van der Waals surface area contributed by atoms with Gasteiger partial charge in [0, 0.05) is 43.4 Å². The lowest BCUT2D eigenvalue weighted by molar-refractivity contribution is -0.00833. The first-order chi connectivity index (χ1) is 22.7. The molecule has 48 heavy (non-hydrogen) atoms. The van der Waals surface area contributed by atoms with Gasteiger partial charge in [0.05, 0.1) is 40.2 Å². The van der Waals surface area contributed by atoms with E-state index in [2.05, 4.69) is 4.72 Å². The van der Waals surface area contributed by atoms with Crippen molar-refractivity contribution >= 4 is 43.2 Å². The summed E-state index contributed by atoms with van der Waals surface area (Å²) in [6.07, 6.45) is 1.24. The molecular formula is C34H44ClN3O8S2. The van der Waals surface area contributed by atoms with Crippen molar-refractivity contribution in [2.45, 2.75) is 68.1 Å². The zero-order valence-corrected chi connectivity index (χ0v) is 30.0. The fourth-order valence-electron chi connectivity index (χ4n) is 5.40. The Kier molecular flexibility index (Phi) is 12.9. The first-order valence-corrected chi connectivity index (χ1v) is 19.2. The Hall–Kier alpha value is -3.20. The van der Waals surface area contributed by atoms with E-state index < -0.39 is 38.1 Å². The molecule has 14 heteroatoms. The van der Waals surface area contributed by atoms with Gasteiger partial charge in [-0.1, -0.05) is 36.7 Å². The summed E-state index contributed by atoms with van der Waals surface area (Å²) in [5.41, 5.74) is 0.294. The van der Waals surface area contributed by atoms with Crippen LogP contribution in [-0.2, 0) is 24.8 Å². The Morgan fingerprint density at radius 2 is 1.69 bits per heavy atom. The fourth-order valence-corrected chi connectivity index (χ4v) is 7.78. The topological polar surface area (TPSA) is 143 Å². The summed E-state index contributed by atoms with van der Waals surface area (Å²) < 4.78 is 69.3. The van der Waals surface area contributed by atoms with E-state index in [1.54, 1.807) is 37.3 Å². The highest BCUT2D eigenvalue weighted by atomic mass is 35.5. The van der Waals surface area contributed by atoms with Crippen LogP contribution in [0.15, 0.2) is 82.6 Å². The zero-order valence-electron chi connectivity index (χ0n) is 27.6. The molecule has 0 saturated heterocycles. The van der Waals surface area contributed by atoms with Crippen LogP contribution < -0.4 is 9.46 Å². The number of aliphatic hydroxyl groups excluding tert-OH is 1. The summed E-state index contributed by atoms with van der Waals surface area (Å²) in [5.74, 6) is -0.572. The van der Waals surface area contributed by atoms with Crippen LogP contribution in [0.2, 0.25) is 5.02 Å². The molecule has 0 saturated carbocycles. The number of nitrogens with one attached hydrogen (secondary N) is 1. The van der Waals surface area contributed by atoms with E-state index in [-0.39, 0.29) is 58.5 Å². The molecule has 0 spiro atoms. The summed E-state index contributed by atoms with van der Waals surface area (Å²) in [6, 6.07) is 17.8. The van der Waals surface area contributed by atoms with Crippen molar-refractivity contribution in [2.24, 2.45) is 5.92 Å². The molecule has 0 bridgehead atoms. The third kappa shape index (κ3) is 9.48. The molecule has 0 aliphatic carbocycles. The highest BCUT2D eigenvalue weighted by molar-refractivity contribution is 7.92. The molecule has 0 aromatic heterocycles. The summed E-state index contributed by atoms with van der Waals surface area (Å²) in [6.45, 7) is 5.61. The zero-order chi connectivity index (χ0) is 35.1. The van der Waals surface area contributed by atoms with Gasteiger partial charge in [0.15, 0.2) is 0 Å². The lowest BCUT2D eigenvalue weighted by Crippen LogP contribution is -2.48. The second-order valence-corrected chi connectivity index (χ2v) is 16.3. The van der Waals surface area contributed by atoms with Gasteiger partial charge in [0.1, 0.15) is 5.75 Å². The second kappa shape index (κ2) is 16.5. The normalized spacial score (nSPS) is 20.8. The predicted octanol–water partition coefficient (Wildman–Crippen LogP) is 5.26. The Morgan fingerprint density at radius 3 is 2.35 bits per heavy atom. The van der Waals surface area contributed by atoms with E-state index in [0.717, 1.165) is 6.42 Å². The number of halogens is 1. The number of nitrogens with zero attached hydrogens (tertiary/aromatic N) is 2. The highest BCUT2D eigenvalue weighted by Crippen LogP contribution is 2.30. The van der Waals surface area contributed by atoms with Crippen LogP contribution in [-0.4, -0.2) is 88.7 Å². The molecule has 2 N–H and O–H groups in total. The quantitative estimate of drug-likeness (QED) is 0.305. The summed E-state index contributed by atoms with van der Waals surface area (Å²) >= 11 is 5.97. The molecular weight excluding hydrogens is 678 g/mol. The minimum atomic E-state index is -3.95. The van der Waals surface area contributed by atoms with Crippen LogP contribution in [0, 0.1) is 5.92 Å². The number of anilines is 1. The lowest BCUT2D eigenvalue weighted by Gasteiger charge is -2.35. The standard InChI is InChI=1S/C34H44ClN3O8S2/c1-24-21-38(25(2)23-39)34(40)31-20-28(36-47(41,42)29-11-6-5-7-12-29)15-18-32(31)46-26(3)10-8-9-19-45-33(24)22-37(4)48(43,44)30-16-13-27(35)14-17-30/h5-7,11-18,20,24-26,33,36,39H,8-10,19,21-23H2,1-4H3/t24-,25+,26+,33+/m1/s1. The van der Waals surface area contributed by atoms with Crippen LogP contribution in [0.1, 0.15) is 50.4 Å². The number of benzene rings is 3. The lowest BCUT2D eigenvalue weighted by atomic mass is 10.0. The Morgan fingerprint density at radius 1 is 1.00 bits per heavy atom. The maximum atomic E-state index is 14.3. The number of fused-ring (bicyclic) bond motifs is 1. The molecule has 1 aliphatic rings. The maximum absolute atomic E-state index is 14.3. The van der Waals surface area contributed by atoms with Crippen LogP contribution in [0.4, 0.5) is 5.69 Å². The van der Waals surface area contributed by atoms with Crippen molar-refractivity contribution in [1.82, 2.24) is 9.21 Å². The molecule has 1 aliphatic heterocycles. The number of hydrogen-bond acceptors (Lipinski definition) is 8. The van der Waals surface area contributed by atoms with Gasteiger partial charge in [0.2, 0.25) is 10.0 Å². The van der Waals surface area contributed by atoms with E-state index in [1.807, 2.05) is 13.8 Å². The Labute approximate surface area is 288 Å². The third-order valence-corrected chi connectivity index (χ3v) is 11.8. The van der Waals surface area contributed by atoms with E-state index in [0.29, 0.717) is 24.5 Å². The number of hydrogen-bond donors (Lipinski definition) is 2. The maximum Gasteiger partial charge on any atom is 0.261 e. The minimum absolute atomic E-state index is 0.0170. The molecule has 262 valence electrons. The van der Waals surface area contributed by atoms with Crippen molar-refractivity contribution in [3.63, 3.8) is 0 Å². The van der Waals surface area contributed by atoms with E-state index in [4.69, 9.17) is 21.1 Å². The number of likely N-dealkylation sites (N-methyl/N-ethyl adjacent to an activating group) is 1. The first kappa shape index (κ1) is 37.6. The third-order valence-electron chi connectivity index (χ3n) is 8.32. The first-order valence-electron chi connectivity index (χ1n) is 15.9. The minimum Gasteiger partial charge on any atom is -0.490 e. The van der Waals surface area contributed by atoms with Gasteiger partial charge < -0.3 is 19.5 Å². The number of amides is 1. The molecule has 3 aromatic carbocycles. The van der Waals surface area contributed by atoms with Crippen LogP contribution in [0.5, 0.6) is 5.75 Å². The van der Waals surface area contributed by atoms with Crippen molar-refractivity contribution in [2.75, 3.05) is 38.1 Å². The number of aliphatic hydroxyl groups is 1. The number of ether oxygens (including phenoxy) is 2. The van der Waals surface area contributed by atoms with Crippen LogP contribution >= 0.6 is 11.6 Å². The second-order valence-electron chi connectivity index (χ2n) is 12.2. The van der Waals surface area contributed by atoms with Gasteiger partial charge in [-0.25, -0.2) is 16.8 Å². The number of rotatable bonds is 9. The van der Waals surface area contributed by atoms with Gasteiger partial charge >= 0.3 is 0 Å². The molecule has 11 nitrogen and oxygen atoms in total. The predicted molar refractivity (Wildman–Crippen MR) is 185 cm³/mol. The number of carbonyl (C=O) groups is 1. The molecule has 0 fully saturated rings. The molecule has 1 heterocycles. The molecule has 1 amide bonds. The van der Waals surface area contributed by atoms with Crippen molar-refractivity contribution in [1.29, 1.82) is 0 Å². The van der Waals surface area contributed by atoms with E-state index in [9.17, 15) is 26.7 Å². The van der Waals surface area contributed by atoms with Gasteiger partial charge in [-0.05, 0) is 87.7 Å². The largest absolute Gasteiger partial charge is 0.490 e. The molecule has 3 aromatic rings. The summed E-state index contributed by atoms with van der Waals surface area (Å²) in [5, 5.41) is 10.6. The SMILES string of the molecule is C[C@@H]1CN([C@@H](C)CO)C(=O)c2cc(NS(=O)(=O)c3ccccc3)ccc2O[C@@H](C)CCCCO[C@H]1CN(C)S(=O)(=O)c1ccc(Cl)cc1. The monoisotopic (exact) mass is 721 g/mol. The van der Waals surface area contributed by atoms with Crippen molar-refractivity contribution in [3.05, 3.63) is 83.4 Å². The van der Waals surface area contributed by atoms with E-state index >= 15 is 0 Å². The average molecular weight is 722 g/mol. The highest BCUT2D eigenvalue weighted by Gasteiger charge is 2.32. The van der Waals surface area contributed by atoms with Gasteiger partial charge in [0.25, 0.3) is 15.9 Å².